The zero-order chi connectivity index (χ0) is 40.3. The molecule has 1 heterocycles. The molecule has 0 atom stereocenters. The molecule has 2 N–H and O–H groups in total. The molecule has 55 heavy (non-hydrogen) atoms. The third-order valence-electron chi connectivity index (χ3n) is 8.34. The Morgan fingerprint density at radius 2 is 1.49 bits per heavy atom. The average Bonchev–Trinajstić information content (AvgIpc) is 3.67. The van der Waals surface area contributed by atoms with Crippen LogP contribution >= 0.6 is 0 Å². The molecule has 0 saturated carbocycles. The normalized spacial score (nSPS) is 13.1. The van der Waals surface area contributed by atoms with E-state index in [0.29, 0.717) is 89.0 Å². The van der Waals surface area contributed by atoms with Gasteiger partial charge in [0.15, 0.2) is 0 Å². The van der Waals surface area contributed by atoms with E-state index in [1.54, 1.807) is 38.0 Å². The van der Waals surface area contributed by atoms with Crippen LogP contribution < -0.4 is 15.4 Å². The van der Waals surface area contributed by atoms with Crippen LogP contribution in [0.5, 0.6) is 5.75 Å². The van der Waals surface area contributed by atoms with Crippen molar-refractivity contribution in [2.45, 2.75) is 64.5 Å². The number of nitrogens with one attached hydrogen (secondary N) is 2. The van der Waals surface area contributed by atoms with E-state index in [1.807, 2.05) is 45.0 Å². The van der Waals surface area contributed by atoms with Gasteiger partial charge in [0.2, 0.25) is 15.9 Å². The number of benzene rings is 2. The Balaban J connectivity index is 1.39. The number of ether oxygens (including phenoxy) is 6. The number of amides is 2. The monoisotopic (exact) mass is 791 g/mol. The lowest BCUT2D eigenvalue weighted by Gasteiger charge is -2.24. The Hall–Kier alpha value is -3.80. The highest BCUT2D eigenvalue weighted by Crippen LogP contribution is 2.27. The zero-order valence-electron chi connectivity index (χ0n) is 33.6. The van der Waals surface area contributed by atoms with E-state index in [4.69, 9.17) is 28.4 Å². The molecule has 15 nitrogen and oxygen atoms in total. The van der Waals surface area contributed by atoms with Crippen LogP contribution in [0.25, 0.3) is 0 Å². The number of sulfonamides is 1. The minimum atomic E-state index is -3.79. The van der Waals surface area contributed by atoms with Crippen LogP contribution in [0.1, 0.15) is 55.9 Å². The van der Waals surface area contributed by atoms with Gasteiger partial charge >= 0.3 is 6.09 Å². The van der Waals surface area contributed by atoms with Crippen molar-refractivity contribution < 1.29 is 46.4 Å². The molecule has 0 spiro atoms. The number of aliphatic imine (C=N–C) groups is 1. The van der Waals surface area contributed by atoms with Crippen LogP contribution in [0, 0.1) is 13.8 Å². The van der Waals surface area contributed by atoms with Crippen LogP contribution in [-0.4, -0.2) is 141 Å². The molecule has 1 aliphatic heterocycles. The van der Waals surface area contributed by atoms with Crippen molar-refractivity contribution in [2.24, 2.45) is 4.99 Å². The Kier molecular flexibility index (Phi) is 19.3. The predicted octanol–water partition coefficient (Wildman–Crippen LogP) is 3.68. The minimum absolute atomic E-state index is 0.0484. The number of carbonyl (C=O) groups is 2. The van der Waals surface area contributed by atoms with E-state index in [-0.39, 0.29) is 30.6 Å². The molecule has 0 aliphatic carbocycles. The van der Waals surface area contributed by atoms with Gasteiger partial charge in [-0.1, -0.05) is 24.3 Å². The first-order valence-corrected chi connectivity index (χ1v) is 20.2. The molecule has 1 aliphatic rings. The van der Waals surface area contributed by atoms with Crippen LogP contribution in [-0.2, 0) is 45.0 Å². The van der Waals surface area contributed by atoms with E-state index in [2.05, 4.69) is 15.6 Å². The molecular weight excluding hydrogens is 731 g/mol. The fourth-order valence-electron chi connectivity index (χ4n) is 5.60. The Labute approximate surface area is 327 Å². The fourth-order valence-corrected chi connectivity index (χ4v) is 7.16. The van der Waals surface area contributed by atoms with Gasteiger partial charge in [-0.05, 0) is 76.3 Å². The highest BCUT2D eigenvalue weighted by molar-refractivity contribution is 7.89. The highest BCUT2D eigenvalue weighted by atomic mass is 32.2. The number of nitrogens with zero attached hydrogens (tertiary/aromatic N) is 3. The standard InChI is InChI=1S/C39H61N5O10S/c1-30-26-34(49-7)27-31(2)36(30)55(47,48)43(6)18-21-53-29-35(45)44(28-32-10-12-33(13-11-32)37-40-15-16-41-37)17-9-20-51-23-25-52-24-22-50-19-8-14-42-38(46)54-39(3,4)5/h10-13,26-27H,8-9,14-25,28-29H2,1-7H3,(H,40,41)(H,42,46). The molecule has 0 bridgehead atoms. The molecule has 16 heteroatoms. The van der Waals surface area contributed by atoms with Crippen LogP contribution in [0.2, 0.25) is 0 Å². The summed E-state index contributed by atoms with van der Waals surface area (Å²) in [7, 11) is -0.741. The lowest BCUT2D eigenvalue weighted by molar-refractivity contribution is -0.137. The number of methoxy groups -OCH3 is 1. The van der Waals surface area contributed by atoms with Gasteiger partial charge < -0.3 is 44.0 Å². The fraction of sp³-hybridized carbons (Fsp3) is 0.615. The number of carbonyl (C=O) groups excluding carboxylic acids is 2. The maximum Gasteiger partial charge on any atom is 0.407 e. The van der Waals surface area contributed by atoms with E-state index in [0.717, 1.165) is 30.1 Å². The van der Waals surface area contributed by atoms with Crippen molar-refractivity contribution in [3.8, 4) is 5.75 Å². The zero-order valence-corrected chi connectivity index (χ0v) is 34.4. The van der Waals surface area contributed by atoms with Gasteiger partial charge in [-0.25, -0.2) is 13.2 Å². The number of rotatable bonds is 25. The number of alkyl carbamates (subject to hydrolysis) is 1. The molecule has 2 aromatic carbocycles. The van der Waals surface area contributed by atoms with E-state index < -0.39 is 21.7 Å². The van der Waals surface area contributed by atoms with Crippen molar-refractivity contribution >= 4 is 27.9 Å². The maximum absolute atomic E-state index is 13.4. The van der Waals surface area contributed by atoms with Crippen molar-refractivity contribution in [3.05, 3.63) is 58.7 Å². The largest absolute Gasteiger partial charge is 0.497 e. The number of likely N-dealkylation sites (N-methyl/N-ethyl adjacent to an activating group) is 1. The van der Waals surface area contributed by atoms with Crippen LogP contribution in [0.4, 0.5) is 4.79 Å². The smallest absolute Gasteiger partial charge is 0.407 e. The molecule has 2 amide bonds. The molecule has 0 aromatic heterocycles. The number of aryl methyl sites for hydroxylation is 2. The summed E-state index contributed by atoms with van der Waals surface area (Å²) in [6.07, 6.45) is 0.830. The number of amidine groups is 1. The van der Waals surface area contributed by atoms with Gasteiger partial charge in [0.1, 0.15) is 23.8 Å². The maximum atomic E-state index is 13.4. The molecule has 308 valence electrons. The lowest BCUT2D eigenvalue weighted by Crippen LogP contribution is -2.36. The lowest BCUT2D eigenvalue weighted by atomic mass is 10.1. The summed E-state index contributed by atoms with van der Waals surface area (Å²) in [6.45, 7) is 14.3. The Bertz CT molecular complexity index is 1610. The minimum Gasteiger partial charge on any atom is -0.497 e. The summed E-state index contributed by atoms with van der Waals surface area (Å²) in [5, 5.41) is 5.97. The van der Waals surface area contributed by atoms with Gasteiger partial charge in [-0.15, -0.1) is 0 Å². The molecule has 2 aromatic rings. The van der Waals surface area contributed by atoms with Crippen molar-refractivity contribution in [1.82, 2.24) is 19.8 Å². The van der Waals surface area contributed by atoms with Gasteiger partial charge in [0, 0.05) is 58.5 Å². The molecule has 0 saturated heterocycles. The quantitative estimate of drug-likeness (QED) is 0.141. The second-order valence-corrected chi connectivity index (χ2v) is 16.1. The topological polar surface area (TPSA) is 167 Å². The number of hydrogen-bond donors (Lipinski definition) is 2. The third-order valence-corrected chi connectivity index (χ3v) is 10.5. The summed E-state index contributed by atoms with van der Waals surface area (Å²) in [4.78, 5) is 31.5. The first kappa shape index (κ1) is 45.6. The second kappa shape index (κ2) is 23.3. The molecular formula is C39H61N5O10S. The molecule has 0 radical (unpaired) electrons. The SMILES string of the molecule is COc1cc(C)c(S(=O)(=O)N(C)CCOCC(=O)N(CCCOCCOCCOCCCNC(=O)OC(C)(C)C)Cc2ccc(C3=NCCN3)cc2)c(C)c1. The average molecular weight is 792 g/mol. The first-order chi connectivity index (χ1) is 26.2. The summed E-state index contributed by atoms with van der Waals surface area (Å²) in [5.41, 5.74) is 2.62. The summed E-state index contributed by atoms with van der Waals surface area (Å²) >= 11 is 0. The molecule has 0 unspecified atom stereocenters. The molecule has 3 rings (SSSR count). The first-order valence-electron chi connectivity index (χ1n) is 18.8. The second-order valence-electron chi connectivity index (χ2n) is 14.1. The Morgan fingerprint density at radius 1 is 0.873 bits per heavy atom. The van der Waals surface area contributed by atoms with E-state index in [1.165, 1.54) is 11.4 Å². The number of hydrogen-bond acceptors (Lipinski definition) is 12. The van der Waals surface area contributed by atoms with Crippen molar-refractivity contribution in [3.63, 3.8) is 0 Å². The van der Waals surface area contributed by atoms with Gasteiger partial charge in [0.05, 0.1) is 51.6 Å². The van der Waals surface area contributed by atoms with Gasteiger partial charge in [-0.3, -0.25) is 9.79 Å². The van der Waals surface area contributed by atoms with Gasteiger partial charge in [-0.2, -0.15) is 4.31 Å². The summed E-state index contributed by atoms with van der Waals surface area (Å²) < 4.78 is 61.1. The van der Waals surface area contributed by atoms with Crippen LogP contribution in [0.15, 0.2) is 46.3 Å². The Morgan fingerprint density at radius 3 is 2.07 bits per heavy atom. The molecule has 0 fully saturated rings. The van der Waals surface area contributed by atoms with E-state index >= 15 is 0 Å². The third kappa shape index (κ3) is 16.5. The summed E-state index contributed by atoms with van der Waals surface area (Å²) in [5.74, 6) is 1.26. The highest BCUT2D eigenvalue weighted by Gasteiger charge is 2.26. The van der Waals surface area contributed by atoms with Crippen molar-refractivity contribution in [1.29, 1.82) is 0 Å². The van der Waals surface area contributed by atoms with E-state index in [9.17, 15) is 18.0 Å². The van der Waals surface area contributed by atoms with Gasteiger partial charge in [0.25, 0.3) is 0 Å². The summed E-state index contributed by atoms with van der Waals surface area (Å²) in [6, 6.07) is 11.3. The van der Waals surface area contributed by atoms with Crippen LogP contribution in [0.3, 0.4) is 0 Å². The predicted molar refractivity (Wildman–Crippen MR) is 210 cm³/mol. The van der Waals surface area contributed by atoms with Crippen molar-refractivity contribution in [2.75, 3.05) is 99.7 Å².